The molecule has 100 valence electrons. The van der Waals surface area contributed by atoms with Crippen molar-refractivity contribution >= 4 is 0 Å². The molecule has 1 aromatic carbocycles. The Bertz CT molecular complexity index is 320. The summed E-state index contributed by atoms with van der Waals surface area (Å²) >= 11 is 0. The summed E-state index contributed by atoms with van der Waals surface area (Å²) in [6, 6.07) is 11.4. The minimum absolute atomic E-state index is 0.699. The van der Waals surface area contributed by atoms with Crippen LogP contribution in [-0.4, -0.2) is 44.2 Å². The minimum atomic E-state index is 0.699. The van der Waals surface area contributed by atoms with Gasteiger partial charge in [0.05, 0.1) is 0 Å². The molecule has 1 aromatic rings. The highest BCUT2D eigenvalue weighted by molar-refractivity contribution is 5.14. The SMILES string of the molecule is CN(CCCNC1CCNC1)Cc1ccccc1. The molecule has 3 nitrogen and oxygen atoms in total. The van der Waals surface area contributed by atoms with Crippen LogP contribution < -0.4 is 10.6 Å². The summed E-state index contributed by atoms with van der Waals surface area (Å²) in [5.41, 5.74) is 1.40. The van der Waals surface area contributed by atoms with E-state index in [2.05, 4.69) is 52.9 Å². The van der Waals surface area contributed by atoms with Gasteiger partial charge in [-0.25, -0.2) is 0 Å². The fourth-order valence-electron chi connectivity index (χ4n) is 2.46. The van der Waals surface area contributed by atoms with E-state index >= 15 is 0 Å². The van der Waals surface area contributed by atoms with Gasteiger partial charge in [-0.05, 0) is 45.1 Å². The monoisotopic (exact) mass is 247 g/mol. The molecule has 0 bridgehead atoms. The normalized spacial score (nSPS) is 19.6. The van der Waals surface area contributed by atoms with Crippen LogP contribution in [0.4, 0.5) is 0 Å². The Morgan fingerprint density at radius 1 is 1.33 bits per heavy atom. The van der Waals surface area contributed by atoms with Crippen molar-refractivity contribution in [3.8, 4) is 0 Å². The Kier molecular flexibility index (Phi) is 5.65. The number of benzene rings is 1. The third kappa shape index (κ3) is 4.77. The number of hydrogen-bond acceptors (Lipinski definition) is 3. The van der Waals surface area contributed by atoms with Crippen LogP contribution in [0.3, 0.4) is 0 Å². The molecule has 1 atom stereocenters. The Hall–Kier alpha value is -0.900. The lowest BCUT2D eigenvalue weighted by atomic mass is 10.2. The van der Waals surface area contributed by atoms with E-state index in [1.807, 2.05) is 0 Å². The summed E-state index contributed by atoms with van der Waals surface area (Å²) < 4.78 is 0. The second-order valence-electron chi connectivity index (χ2n) is 5.22. The molecule has 1 saturated heterocycles. The summed E-state index contributed by atoms with van der Waals surface area (Å²) in [6.45, 7) is 5.64. The standard InChI is InChI=1S/C15H25N3/c1-18(13-14-6-3-2-4-7-14)11-5-9-17-15-8-10-16-12-15/h2-4,6-7,15-17H,5,8-13H2,1H3. The van der Waals surface area contributed by atoms with Crippen LogP contribution in [0.15, 0.2) is 30.3 Å². The highest BCUT2D eigenvalue weighted by Crippen LogP contribution is 2.03. The van der Waals surface area contributed by atoms with Crippen LogP contribution in [0.5, 0.6) is 0 Å². The largest absolute Gasteiger partial charge is 0.315 e. The van der Waals surface area contributed by atoms with Crippen molar-refractivity contribution in [2.45, 2.75) is 25.4 Å². The molecule has 0 spiro atoms. The summed E-state index contributed by atoms with van der Waals surface area (Å²) in [6.07, 6.45) is 2.50. The van der Waals surface area contributed by atoms with Gasteiger partial charge in [0, 0.05) is 19.1 Å². The zero-order chi connectivity index (χ0) is 12.6. The maximum atomic E-state index is 3.61. The maximum absolute atomic E-state index is 3.61. The molecule has 0 aromatic heterocycles. The molecular weight excluding hydrogens is 222 g/mol. The van der Waals surface area contributed by atoms with Crippen molar-refractivity contribution in [3.63, 3.8) is 0 Å². The molecule has 1 heterocycles. The zero-order valence-corrected chi connectivity index (χ0v) is 11.4. The average Bonchev–Trinajstić information content (AvgIpc) is 2.89. The highest BCUT2D eigenvalue weighted by Gasteiger charge is 2.12. The first-order valence-electron chi connectivity index (χ1n) is 7.01. The van der Waals surface area contributed by atoms with E-state index in [4.69, 9.17) is 0 Å². The van der Waals surface area contributed by atoms with Gasteiger partial charge in [0.25, 0.3) is 0 Å². The molecule has 0 aliphatic carbocycles. The summed E-state index contributed by atoms with van der Waals surface area (Å²) in [5.74, 6) is 0. The molecule has 3 heteroatoms. The lowest BCUT2D eigenvalue weighted by Gasteiger charge is -2.17. The van der Waals surface area contributed by atoms with Crippen LogP contribution in [0, 0.1) is 0 Å². The van der Waals surface area contributed by atoms with Gasteiger partial charge in [0.15, 0.2) is 0 Å². The molecule has 1 fully saturated rings. The third-order valence-corrected chi connectivity index (χ3v) is 3.51. The molecule has 18 heavy (non-hydrogen) atoms. The third-order valence-electron chi connectivity index (χ3n) is 3.51. The van der Waals surface area contributed by atoms with Crippen LogP contribution in [0.1, 0.15) is 18.4 Å². The smallest absolute Gasteiger partial charge is 0.0230 e. The lowest BCUT2D eigenvalue weighted by molar-refractivity contribution is 0.317. The Morgan fingerprint density at radius 3 is 2.89 bits per heavy atom. The van der Waals surface area contributed by atoms with Gasteiger partial charge in [-0.3, -0.25) is 0 Å². The van der Waals surface area contributed by atoms with Gasteiger partial charge in [0.2, 0.25) is 0 Å². The van der Waals surface area contributed by atoms with Crippen LogP contribution in [0.2, 0.25) is 0 Å². The maximum Gasteiger partial charge on any atom is 0.0230 e. The molecule has 1 unspecified atom stereocenters. The molecule has 0 saturated carbocycles. The van der Waals surface area contributed by atoms with E-state index in [1.165, 1.54) is 24.9 Å². The second kappa shape index (κ2) is 7.52. The topological polar surface area (TPSA) is 27.3 Å². The first kappa shape index (κ1) is 13.5. The number of rotatable bonds is 7. The Balaban J connectivity index is 1.55. The lowest BCUT2D eigenvalue weighted by Crippen LogP contribution is -2.33. The summed E-state index contributed by atoms with van der Waals surface area (Å²) in [7, 11) is 2.20. The fraction of sp³-hybridized carbons (Fsp3) is 0.600. The van der Waals surface area contributed by atoms with Crippen molar-refractivity contribution in [1.29, 1.82) is 0 Å². The minimum Gasteiger partial charge on any atom is -0.315 e. The van der Waals surface area contributed by atoms with Gasteiger partial charge in [-0.15, -0.1) is 0 Å². The van der Waals surface area contributed by atoms with Crippen molar-refractivity contribution in [2.75, 3.05) is 33.2 Å². The van der Waals surface area contributed by atoms with Crippen LogP contribution in [0.25, 0.3) is 0 Å². The molecular formula is C15H25N3. The van der Waals surface area contributed by atoms with E-state index in [0.717, 1.165) is 26.2 Å². The Labute approximate surface area is 111 Å². The van der Waals surface area contributed by atoms with Crippen molar-refractivity contribution < 1.29 is 0 Å². The molecule has 1 aliphatic rings. The van der Waals surface area contributed by atoms with Gasteiger partial charge in [-0.1, -0.05) is 30.3 Å². The molecule has 0 radical (unpaired) electrons. The predicted octanol–water partition coefficient (Wildman–Crippen LogP) is 1.46. The van der Waals surface area contributed by atoms with E-state index in [0.29, 0.717) is 6.04 Å². The molecule has 0 amide bonds. The van der Waals surface area contributed by atoms with Crippen molar-refractivity contribution in [1.82, 2.24) is 15.5 Å². The van der Waals surface area contributed by atoms with Crippen LogP contribution >= 0.6 is 0 Å². The predicted molar refractivity (Wildman–Crippen MR) is 76.7 cm³/mol. The first-order chi connectivity index (χ1) is 8.84. The summed E-state index contributed by atoms with van der Waals surface area (Å²) in [5, 5.41) is 6.99. The van der Waals surface area contributed by atoms with Gasteiger partial charge < -0.3 is 15.5 Å². The quantitative estimate of drug-likeness (QED) is 0.714. The van der Waals surface area contributed by atoms with Crippen LogP contribution in [-0.2, 0) is 6.54 Å². The second-order valence-corrected chi connectivity index (χ2v) is 5.22. The molecule has 2 rings (SSSR count). The van der Waals surface area contributed by atoms with Gasteiger partial charge >= 0.3 is 0 Å². The number of nitrogens with zero attached hydrogens (tertiary/aromatic N) is 1. The number of hydrogen-bond donors (Lipinski definition) is 2. The first-order valence-corrected chi connectivity index (χ1v) is 7.01. The van der Waals surface area contributed by atoms with Crippen molar-refractivity contribution in [3.05, 3.63) is 35.9 Å². The van der Waals surface area contributed by atoms with E-state index < -0.39 is 0 Å². The number of nitrogens with one attached hydrogen (secondary N) is 2. The van der Waals surface area contributed by atoms with Crippen molar-refractivity contribution in [2.24, 2.45) is 0 Å². The summed E-state index contributed by atoms with van der Waals surface area (Å²) in [4.78, 5) is 2.39. The molecule has 1 aliphatic heterocycles. The molecule has 2 N–H and O–H groups in total. The Morgan fingerprint density at radius 2 is 2.17 bits per heavy atom. The highest BCUT2D eigenvalue weighted by atomic mass is 15.1. The fourth-order valence-corrected chi connectivity index (χ4v) is 2.46. The van der Waals surface area contributed by atoms with E-state index in [9.17, 15) is 0 Å². The zero-order valence-electron chi connectivity index (χ0n) is 11.4. The average molecular weight is 247 g/mol. The van der Waals surface area contributed by atoms with Gasteiger partial charge in [0.1, 0.15) is 0 Å². The van der Waals surface area contributed by atoms with E-state index in [-0.39, 0.29) is 0 Å². The van der Waals surface area contributed by atoms with Gasteiger partial charge in [-0.2, -0.15) is 0 Å². The van der Waals surface area contributed by atoms with E-state index in [1.54, 1.807) is 0 Å².